The van der Waals surface area contributed by atoms with E-state index in [9.17, 15) is 4.79 Å². The predicted octanol–water partition coefficient (Wildman–Crippen LogP) is 2.32. The molecule has 0 aliphatic carbocycles. The number of hydrogen-bond acceptors (Lipinski definition) is 3. The molecule has 0 radical (unpaired) electrons. The molecular formula is C15H31ClN2O2. The summed E-state index contributed by atoms with van der Waals surface area (Å²) in [5.41, 5.74) is 0. The summed E-state index contributed by atoms with van der Waals surface area (Å²) in [6.45, 7) is 12.4. The van der Waals surface area contributed by atoms with Gasteiger partial charge in [0.05, 0.1) is 12.6 Å². The van der Waals surface area contributed by atoms with E-state index in [1.54, 1.807) is 0 Å². The second-order valence-corrected chi connectivity index (χ2v) is 6.35. The lowest BCUT2D eigenvalue weighted by molar-refractivity contribution is -0.131. The van der Waals surface area contributed by atoms with Crippen LogP contribution in [0.25, 0.3) is 0 Å². The Morgan fingerprint density at radius 1 is 1.25 bits per heavy atom. The zero-order chi connectivity index (χ0) is 14.3. The molecule has 0 aromatic carbocycles. The second kappa shape index (κ2) is 10.4. The summed E-state index contributed by atoms with van der Waals surface area (Å²) < 4.78 is 5.54. The molecule has 1 amide bonds. The van der Waals surface area contributed by atoms with Crippen LogP contribution in [0.5, 0.6) is 0 Å². The number of rotatable bonds is 8. The second-order valence-electron chi connectivity index (χ2n) is 6.35. The standard InChI is InChI=1S/C15H30N2O2.ClH/c1-12(2)10-17(11-13(3)4)15(18)9-16-8-14-6-5-7-19-14;/h12-14,16H,5-11H2,1-4H3;1H. The van der Waals surface area contributed by atoms with Crippen LogP contribution in [-0.2, 0) is 9.53 Å². The van der Waals surface area contributed by atoms with Gasteiger partial charge in [-0.3, -0.25) is 4.79 Å². The third-order valence-electron chi connectivity index (χ3n) is 3.20. The highest BCUT2D eigenvalue weighted by Crippen LogP contribution is 2.10. The van der Waals surface area contributed by atoms with E-state index in [1.807, 2.05) is 4.90 Å². The maximum absolute atomic E-state index is 12.2. The Hall–Kier alpha value is -0.320. The number of carbonyl (C=O) groups excluding carboxylic acids is 1. The van der Waals surface area contributed by atoms with Gasteiger partial charge in [-0.1, -0.05) is 27.7 Å². The van der Waals surface area contributed by atoms with E-state index in [1.165, 1.54) is 0 Å². The largest absolute Gasteiger partial charge is 0.377 e. The van der Waals surface area contributed by atoms with Crippen molar-refractivity contribution in [2.45, 2.75) is 46.6 Å². The summed E-state index contributed by atoms with van der Waals surface area (Å²) in [7, 11) is 0. The van der Waals surface area contributed by atoms with Gasteiger partial charge in [0.25, 0.3) is 0 Å². The quantitative estimate of drug-likeness (QED) is 0.748. The molecule has 5 heteroatoms. The molecule has 4 nitrogen and oxygen atoms in total. The third kappa shape index (κ3) is 8.08. The number of carbonyl (C=O) groups is 1. The smallest absolute Gasteiger partial charge is 0.236 e. The number of ether oxygens (including phenoxy) is 1. The summed E-state index contributed by atoms with van der Waals surface area (Å²) >= 11 is 0. The monoisotopic (exact) mass is 306 g/mol. The molecular weight excluding hydrogens is 276 g/mol. The van der Waals surface area contributed by atoms with E-state index < -0.39 is 0 Å². The molecule has 1 unspecified atom stereocenters. The average Bonchev–Trinajstić information content (AvgIpc) is 2.79. The first-order chi connectivity index (χ1) is 8.99. The van der Waals surface area contributed by atoms with Gasteiger partial charge in [-0.2, -0.15) is 0 Å². The maximum Gasteiger partial charge on any atom is 0.236 e. The fourth-order valence-electron chi connectivity index (χ4n) is 2.42. The molecule has 1 N–H and O–H groups in total. The highest BCUT2D eigenvalue weighted by molar-refractivity contribution is 5.85. The first-order valence-corrected chi connectivity index (χ1v) is 7.59. The molecule has 1 atom stereocenters. The van der Waals surface area contributed by atoms with Crippen LogP contribution >= 0.6 is 12.4 Å². The summed E-state index contributed by atoms with van der Waals surface area (Å²) in [4.78, 5) is 14.2. The Morgan fingerprint density at radius 3 is 2.30 bits per heavy atom. The third-order valence-corrected chi connectivity index (χ3v) is 3.20. The average molecular weight is 307 g/mol. The van der Waals surface area contributed by atoms with Crippen molar-refractivity contribution in [3.63, 3.8) is 0 Å². The van der Waals surface area contributed by atoms with Crippen molar-refractivity contribution in [3.05, 3.63) is 0 Å². The van der Waals surface area contributed by atoms with E-state index >= 15 is 0 Å². The van der Waals surface area contributed by atoms with E-state index in [0.717, 1.165) is 39.1 Å². The van der Waals surface area contributed by atoms with Gasteiger partial charge in [0.2, 0.25) is 5.91 Å². The fourth-order valence-corrected chi connectivity index (χ4v) is 2.42. The molecule has 1 aliphatic rings. The Kier molecular flexibility index (Phi) is 10.2. The van der Waals surface area contributed by atoms with Gasteiger partial charge in [-0.15, -0.1) is 12.4 Å². The van der Waals surface area contributed by atoms with E-state index in [4.69, 9.17) is 4.74 Å². The molecule has 1 fully saturated rings. The van der Waals surface area contributed by atoms with Crippen LogP contribution < -0.4 is 5.32 Å². The van der Waals surface area contributed by atoms with E-state index in [-0.39, 0.29) is 18.3 Å². The van der Waals surface area contributed by atoms with Crippen molar-refractivity contribution >= 4 is 18.3 Å². The van der Waals surface area contributed by atoms with Crippen LogP contribution in [-0.4, -0.2) is 49.7 Å². The van der Waals surface area contributed by atoms with Crippen LogP contribution in [0.3, 0.4) is 0 Å². The molecule has 0 bridgehead atoms. The van der Waals surface area contributed by atoms with Crippen LogP contribution in [0.15, 0.2) is 0 Å². The number of nitrogens with zero attached hydrogens (tertiary/aromatic N) is 1. The summed E-state index contributed by atoms with van der Waals surface area (Å²) in [5.74, 6) is 1.24. The minimum absolute atomic E-state index is 0. The number of hydrogen-bond donors (Lipinski definition) is 1. The number of amides is 1. The van der Waals surface area contributed by atoms with E-state index in [2.05, 4.69) is 33.0 Å². The summed E-state index contributed by atoms with van der Waals surface area (Å²) in [6, 6.07) is 0. The maximum atomic E-state index is 12.2. The Bertz CT molecular complexity index is 257. The van der Waals surface area contributed by atoms with Crippen molar-refractivity contribution in [1.82, 2.24) is 10.2 Å². The Balaban J connectivity index is 0.00000361. The molecule has 1 saturated heterocycles. The predicted molar refractivity (Wildman–Crippen MR) is 85.3 cm³/mol. The first kappa shape index (κ1) is 19.7. The van der Waals surface area contributed by atoms with Crippen molar-refractivity contribution in [2.24, 2.45) is 11.8 Å². The molecule has 0 aromatic heterocycles. The van der Waals surface area contributed by atoms with Crippen molar-refractivity contribution in [2.75, 3.05) is 32.8 Å². The highest BCUT2D eigenvalue weighted by Gasteiger charge is 2.18. The molecule has 20 heavy (non-hydrogen) atoms. The summed E-state index contributed by atoms with van der Waals surface area (Å²) in [6.07, 6.45) is 2.56. The van der Waals surface area contributed by atoms with Gasteiger partial charge in [0.15, 0.2) is 0 Å². The van der Waals surface area contributed by atoms with Crippen LogP contribution in [0.4, 0.5) is 0 Å². The minimum atomic E-state index is 0. The zero-order valence-electron chi connectivity index (χ0n) is 13.4. The van der Waals surface area contributed by atoms with Gasteiger partial charge in [0.1, 0.15) is 0 Å². The summed E-state index contributed by atoms with van der Waals surface area (Å²) in [5, 5.41) is 3.24. The topological polar surface area (TPSA) is 41.6 Å². The SMILES string of the molecule is CC(C)CN(CC(C)C)C(=O)CNCC1CCCO1.Cl. The fraction of sp³-hybridized carbons (Fsp3) is 0.933. The first-order valence-electron chi connectivity index (χ1n) is 7.59. The van der Waals surface area contributed by atoms with Crippen molar-refractivity contribution in [1.29, 1.82) is 0 Å². The van der Waals surface area contributed by atoms with E-state index in [0.29, 0.717) is 24.5 Å². The molecule has 0 spiro atoms. The van der Waals surface area contributed by atoms with Gasteiger partial charge in [-0.05, 0) is 24.7 Å². The van der Waals surface area contributed by atoms with Crippen molar-refractivity contribution in [3.8, 4) is 0 Å². The van der Waals surface area contributed by atoms with Crippen molar-refractivity contribution < 1.29 is 9.53 Å². The lowest BCUT2D eigenvalue weighted by atomic mass is 10.1. The lowest BCUT2D eigenvalue weighted by Gasteiger charge is -2.26. The lowest BCUT2D eigenvalue weighted by Crippen LogP contribution is -2.43. The van der Waals surface area contributed by atoms with Crippen LogP contribution in [0.1, 0.15) is 40.5 Å². The molecule has 120 valence electrons. The number of halogens is 1. The van der Waals surface area contributed by atoms with Crippen LogP contribution in [0, 0.1) is 11.8 Å². The highest BCUT2D eigenvalue weighted by atomic mass is 35.5. The zero-order valence-corrected chi connectivity index (χ0v) is 14.2. The van der Waals surface area contributed by atoms with Gasteiger partial charge in [0, 0.05) is 26.2 Å². The Morgan fingerprint density at radius 2 is 1.85 bits per heavy atom. The van der Waals surface area contributed by atoms with Gasteiger partial charge < -0.3 is 15.0 Å². The molecule has 0 saturated carbocycles. The molecule has 0 aromatic rings. The van der Waals surface area contributed by atoms with Gasteiger partial charge >= 0.3 is 0 Å². The normalized spacial score (nSPS) is 18.4. The molecule has 1 heterocycles. The minimum Gasteiger partial charge on any atom is -0.377 e. The van der Waals surface area contributed by atoms with Gasteiger partial charge in [-0.25, -0.2) is 0 Å². The molecule has 1 aliphatic heterocycles. The van der Waals surface area contributed by atoms with Crippen LogP contribution in [0.2, 0.25) is 0 Å². The molecule has 1 rings (SSSR count). The Labute approximate surface area is 130 Å². The number of nitrogens with one attached hydrogen (secondary N) is 1.